The van der Waals surface area contributed by atoms with Crippen LogP contribution in [0.25, 0.3) is 0 Å². The predicted molar refractivity (Wildman–Crippen MR) is 86.9 cm³/mol. The highest BCUT2D eigenvalue weighted by atomic mass is 16.1. The normalized spacial score (nSPS) is 15.6. The van der Waals surface area contributed by atoms with E-state index >= 15 is 0 Å². The van der Waals surface area contributed by atoms with Crippen molar-refractivity contribution in [2.45, 2.75) is 46.2 Å². The van der Waals surface area contributed by atoms with E-state index in [0.717, 1.165) is 23.5 Å². The summed E-state index contributed by atoms with van der Waals surface area (Å²) < 4.78 is 2.19. The van der Waals surface area contributed by atoms with Gasteiger partial charge >= 0.3 is 0 Å². The molecule has 0 aromatic carbocycles. The van der Waals surface area contributed by atoms with E-state index in [4.69, 9.17) is 0 Å². The van der Waals surface area contributed by atoms with Crippen molar-refractivity contribution in [3.05, 3.63) is 53.1 Å². The maximum absolute atomic E-state index is 12.5. The molecule has 2 aromatic heterocycles. The quantitative estimate of drug-likeness (QED) is 0.922. The first-order valence-corrected chi connectivity index (χ1v) is 7.92. The van der Waals surface area contributed by atoms with Crippen LogP contribution in [0.3, 0.4) is 0 Å². The van der Waals surface area contributed by atoms with Gasteiger partial charge in [0, 0.05) is 36.4 Å². The van der Waals surface area contributed by atoms with Crippen LogP contribution in [0, 0.1) is 19.8 Å². The molecular weight excluding hydrogens is 274 g/mol. The van der Waals surface area contributed by atoms with Gasteiger partial charge in [-0.3, -0.25) is 9.78 Å². The predicted octanol–water partition coefficient (Wildman–Crippen LogP) is 3.08. The van der Waals surface area contributed by atoms with Crippen LogP contribution in [0.2, 0.25) is 0 Å². The minimum Gasteiger partial charge on any atom is -0.349 e. The standard InChI is InChI=1S/C18H23N3O/c1-12-10-17(18(22)20-13(2)16-4-5-16)14(3)21(12)11-15-6-8-19-9-7-15/h6-10,13,16H,4-5,11H2,1-3H3,(H,20,22)/t13-/m0/s1. The largest absolute Gasteiger partial charge is 0.349 e. The Morgan fingerprint density at radius 3 is 2.68 bits per heavy atom. The molecule has 1 aliphatic carbocycles. The highest BCUT2D eigenvalue weighted by molar-refractivity contribution is 5.95. The first kappa shape index (κ1) is 14.8. The average molecular weight is 297 g/mol. The van der Waals surface area contributed by atoms with Crippen LogP contribution in [-0.2, 0) is 6.54 Å². The molecule has 0 saturated heterocycles. The monoisotopic (exact) mass is 297 g/mol. The molecule has 2 heterocycles. The molecule has 0 radical (unpaired) electrons. The molecule has 1 N–H and O–H groups in total. The first-order valence-electron chi connectivity index (χ1n) is 7.92. The summed E-state index contributed by atoms with van der Waals surface area (Å²) in [5, 5.41) is 3.14. The maximum Gasteiger partial charge on any atom is 0.253 e. The summed E-state index contributed by atoms with van der Waals surface area (Å²) in [6, 6.07) is 6.28. The third kappa shape index (κ3) is 3.06. The van der Waals surface area contributed by atoms with E-state index < -0.39 is 0 Å². The molecule has 0 bridgehead atoms. The molecule has 22 heavy (non-hydrogen) atoms. The molecule has 0 unspecified atom stereocenters. The number of aryl methyl sites for hydroxylation is 1. The Morgan fingerprint density at radius 1 is 1.36 bits per heavy atom. The van der Waals surface area contributed by atoms with E-state index in [1.54, 1.807) is 12.4 Å². The Labute approximate surface area is 131 Å². The fraction of sp³-hybridized carbons (Fsp3) is 0.444. The van der Waals surface area contributed by atoms with E-state index in [1.165, 1.54) is 18.4 Å². The Kier molecular flexibility index (Phi) is 4.01. The summed E-state index contributed by atoms with van der Waals surface area (Å²) >= 11 is 0. The van der Waals surface area contributed by atoms with Gasteiger partial charge in [0.25, 0.3) is 5.91 Å². The lowest BCUT2D eigenvalue weighted by Gasteiger charge is -2.13. The van der Waals surface area contributed by atoms with E-state index in [-0.39, 0.29) is 11.9 Å². The third-order valence-electron chi connectivity index (χ3n) is 4.60. The number of hydrogen-bond acceptors (Lipinski definition) is 2. The molecule has 2 aromatic rings. The average Bonchev–Trinajstić information content (AvgIpc) is 3.31. The van der Waals surface area contributed by atoms with Gasteiger partial charge in [-0.15, -0.1) is 0 Å². The SMILES string of the molecule is Cc1cc(C(=O)N[C@@H](C)C2CC2)c(C)n1Cc1ccncc1. The molecule has 1 amide bonds. The van der Waals surface area contributed by atoms with Gasteiger partial charge in [0.15, 0.2) is 0 Å². The minimum absolute atomic E-state index is 0.0495. The van der Waals surface area contributed by atoms with Crippen molar-refractivity contribution in [3.63, 3.8) is 0 Å². The number of carbonyl (C=O) groups is 1. The van der Waals surface area contributed by atoms with Gasteiger partial charge in [0.1, 0.15) is 0 Å². The smallest absolute Gasteiger partial charge is 0.253 e. The second-order valence-corrected chi connectivity index (χ2v) is 6.33. The molecule has 116 valence electrons. The fourth-order valence-electron chi connectivity index (χ4n) is 2.94. The second kappa shape index (κ2) is 5.95. The molecule has 4 heteroatoms. The van der Waals surface area contributed by atoms with Crippen molar-refractivity contribution in [2.75, 3.05) is 0 Å². The van der Waals surface area contributed by atoms with Gasteiger partial charge in [-0.25, -0.2) is 0 Å². The lowest BCUT2D eigenvalue weighted by atomic mass is 10.2. The number of rotatable bonds is 5. The zero-order chi connectivity index (χ0) is 15.7. The van der Waals surface area contributed by atoms with E-state index in [0.29, 0.717) is 5.92 Å². The summed E-state index contributed by atoms with van der Waals surface area (Å²) in [7, 11) is 0. The number of carbonyl (C=O) groups excluding carboxylic acids is 1. The number of hydrogen-bond donors (Lipinski definition) is 1. The van der Waals surface area contributed by atoms with E-state index in [2.05, 4.69) is 28.7 Å². The molecular formula is C18H23N3O. The van der Waals surface area contributed by atoms with Gasteiger partial charge in [0.05, 0.1) is 5.56 Å². The summed E-state index contributed by atoms with van der Waals surface area (Å²) in [5.74, 6) is 0.720. The van der Waals surface area contributed by atoms with Crippen molar-refractivity contribution in [1.29, 1.82) is 0 Å². The molecule has 4 nitrogen and oxygen atoms in total. The summed E-state index contributed by atoms with van der Waals surface area (Å²) in [6.45, 7) is 6.94. The van der Waals surface area contributed by atoms with Crippen LogP contribution in [0.1, 0.15) is 47.1 Å². The van der Waals surface area contributed by atoms with Crippen LogP contribution < -0.4 is 5.32 Å². The highest BCUT2D eigenvalue weighted by Gasteiger charge is 2.29. The number of nitrogens with one attached hydrogen (secondary N) is 1. The topological polar surface area (TPSA) is 46.9 Å². The zero-order valence-electron chi connectivity index (χ0n) is 13.5. The Bertz CT molecular complexity index is 671. The molecule has 3 rings (SSSR count). The van der Waals surface area contributed by atoms with Crippen LogP contribution in [0.4, 0.5) is 0 Å². The minimum atomic E-state index is 0.0495. The van der Waals surface area contributed by atoms with E-state index in [9.17, 15) is 4.79 Å². The van der Waals surface area contributed by atoms with Crippen molar-refractivity contribution in [1.82, 2.24) is 14.9 Å². The lowest BCUT2D eigenvalue weighted by Crippen LogP contribution is -2.34. The maximum atomic E-state index is 12.5. The van der Waals surface area contributed by atoms with Gasteiger partial charge in [-0.1, -0.05) is 0 Å². The summed E-state index contributed by atoms with van der Waals surface area (Å²) in [6.07, 6.45) is 6.08. The van der Waals surface area contributed by atoms with Crippen molar-refractivity contribution >= 4 is 5.91 Å². The Hall–Kier alpha value is -2.10. The third-order valence-corrected chi connectivity index (χ3v) is 4.60. The van der Waals surface area contributed by atoms with Crippen LogP contribution >= 0.6 is 0 Å². The van der Waals surface area contributed by atoms with Crippen molar-refractivity contribution in [2.24, 2.45) is 5.92 Å². The molecule has 1 saturated carbocycles. The summed E-state index contributed by atoms with van der Waals surface area (Å²) in [5.41, 5.74) is 4.11. The van der Waals surface area contributed by atoms with Gasteiger partial charge < -0.3 is 9.88 Å². The Morgan fingerprint density at radius 2 is 2.05 bits per heavy atom. The Balaban J connectivity index is 1.78. The molecule has 1 atom stereocenters. The number of aromatic nitrogens is 2. The summed E-state index contributed by atoms with van der Waals surface area (Å²) in [4.78, 5) is 16.5. The van der Waals surface area contributed by atoms with Crippen molar-refractivity contribution in [3.8, 4) is 0 Å². The van der Waals surface area contributed by atoms with Gasteiger partial charge in [-0.05, 0) is 63.3 Å². The van der Waals surface area contributed by atoms with Crippen LogP contribution in [-0.4, -0.2) is 21.5 Å². The lowest BCUT2D eigenvalue weighted by molar-refractivity contribution is 0.0935. The van der Waals surface area contributed by atoms with Gasteiger partial charge in [0.2, 0.25) is 0 Å². The first-order chi connectivity index (χ1) is 10.6. The van der Waals surface area contributed by atoms with Crippen LogP contribution in [0.5, 0.6) is 0 Å². The van der Waals surface area contributed by atoms with E-state index in [1.807, 2.05) is 25.1 Å². The second-order valence-electron chi connectivity index (χ2n) is 6.33. The molecule has 0 spiro atoms. The van der Waals surface area contributed by atoms with Gasteiger partial charge in [-0.2, -0.15) is 0 Å². The highest BCUT2D eigenvalue weighted by Crippen LogP contribution is 2.32. The molecule has 0 aliphatic heterocycles. The fourth-order valence-corrected chi connectivity index (χ4v) is 2.94. The molecule has 1 fully saturated rings. The number of amides is 1. The number of nitrogens with zero attached hydrogens (tertiary/aromatic N) is 2. The van der Waals surface area contributed by atoms with Crippen LogP contribution in [0.15, 0.2) is 30.6 Å². The molecule has 1 aliphatic rings. The van der Waals surface area contributed by atoms with Crippen molar-refractivity contribution < 1.29 is 4.79 Å². The zero-order valence-corrected chi connectivity index (χ0v) is 13.5. The number of pyridine rings is 1.